The average Bonchev–Trinajstić information content (AvgIpc) is 3.32. The molecule has 1 unspecified atom stereocenters. The number of nitrogens with zero attached hydrogens (tertiary/aromatic N) is 4. The largest absolute Gasteiger partial charge is 0.497 e. The normalized spacial score (nSPS) is 15.7. The minimum absolute atomic E-state index is 0.133. The van der Waals surface area contributed by atoms with E-state index < -0.39 is 0 Å². The number of rotatable bonds is 7. The molecule has 26 heavy (non-hydrogen) atoms. The molecular formula is C17H23N5O3S. The number of benzene rings is 1. The third kappa shape index (κ3) is 4.27. The minimum Gasteiger partial charge on any atom is -0.497 e. The van der Waals surface area contributed by atoms with Crippen LogP contribution in [-0.4, -0.2) is 45.6 Å². The molecule has 9 heteroatoms. The maximum atomic E-state index is 12.6. The van der Waals surface area contributed by atoms with Crippen LogP contribution in [0.4, 0.5) is 5.69 Å². The molecular weight excluding hydrogens is 354 g/mol. The van der Waals surface area contributed by atoms with Gasteiger partial charge in [-0.1, -0.05) is 24.6 Å². The number of hydrogen-bond donors (Lipinski definition) is 1. The fraction of sp³-hybridized carbons (Fsp3) is 0.529. The Kier molecular flexibility index (Phi) is 5.97. The van der Waals surface area contributed by atoms with E-state index in [-0.39, 0.29) is 11.2 Å². The molecule has 0 saturated heterocycles. The molecule has 1 aliphatic carbocycles. The number of ether oxygens (including phenoxy) is 2. The van der Waals surface area contributed by atoms with Gasteiger partial charge >= 0.3 is 0 Å². The summed E-state index contributed by atoms with van der Waals surface area (Å²) in [5, 5.41) is 15.2. The Morgan fingerprint density at radius 2 is 1.88 bits per heavy atom. The molecule has 1 saturated carbocycles. The van der Waals surface area contributed by atoms with Crippen molar-refractivity contribution in [1.29, 1.82) is 0 Å². The zero-order valence-electron chi connectivity index (χ0n) is 15.1. The summed E-state index contributed by atoms with van der Waals surface area (Å²) in [6.45, 7) is 1.84. The van der Waals surface area contributed by atoms with Gasteiger partial charge in [-0.2, -0.15) is 0 Å². The molecule has 2 aromatic rings. The van der Waals surface area contributed by atoms with Crippen LogP contribution < -0.4 is 14.8 Å². The van der Waals surface area contributed by atoms with E-state index in [0.717, 1.165) is 12.8 Å². The van der Waals surface area contributed by atoms with Gasteiger partial charge in [0, 0.05) is 23.9 Å². The lowest BCUT2D eigenvalue weighted by atomic mass is 10.2. The number of nitrogens with one attached hydrogen (secondary N) is 1. The van der Waals surface area contributed by atoms with E-state index in [2.05, 4.69) is 20.8 Å². The van der Waals surface area contributed by atoms with E-state index in [1.54, 1.807) is 32.4 Å². The summed E-state index contributed by atoms with van der Waals surface area (Å²) < 4.78 is 12.3. The lowest BCUT2D eigenvalue weighted by Gasteiger charge is -2.15. The average molecular weight is 377 g/mol. The lowest BCUT2D eigenvalue weighted by Crippen LogP contribution is -2.23. The topological polar surface area (TPSA) is 91.2 Å². The van der Waals surface area contributed by atoms with Crippen molar-refractivity contribution in [2.45, 2.75) is 49.1 Å². The number of aromatic nitrogens is 4. The zero-order valence-corrected chi connectivity index (χ0v) is 16.0. The molecule has 1 fully saturated rings. The molecule has 3 rings (SSSR count). The second-order valence-electron chi connectivity index (χ2n) is 6.19. The highest BCUT2D eigenvalue weighted by Gasteiger charge is 2.24. The summed E-state index contributed by atoms with van der Waals surface area (Å²) in [4.78, 5) is 12.6. The van der Waals surface area contributed by atoms with Crippen molar-refractivity contribution in [3.8, 4) is 11.5 Å². The number of methoxy groups -OCH3 is 2. The number of thioether (sulfide) groups is 1. The van der Waals surface area contributed by atoms with Crippen LogP contribution in [0, 0.1) is 0 Å². The molecule has 1 atom stereocenters. The quantitative estimate of drug-likeness (QED) is 0.742. The first-order valence-corrected chi connectivity index (χ1v) is 9.47. The van der Waals surface area contributed by atoms with Crippen LogP contribution in [0.2, 0.25) is 0 Å². The standard InChI is InChI=1S/C17H23N5O3S/c1-11(26-17-19-20-21-22(17)13-6-4-5-7-13)16(23)18-12-8-14(24-2)10-15(9-12)25-3/h8-11,13H,4-7H2,1-3H3,(H,18,23). The predicted octanol–water partition coefficient (Wildman–Crippen LogP) is 2.92. The van der Waals surface area contributed by atoms with Gasteiger partial charge in [-0.3, -0.25) is 4.79 Å². The molecule has 1 N–H and O–H groups in total. The molecule has 1 amide bonds. The lowest BCUT2D eigenvalue weighted by molar-refractivity contribution is -0.115. The van der Waals surface area contributed by atoms with Gasteiger partial charge < -0.3 is 14.8 Å². The van der Waals surface area contributed by atoms with Crippen molar-refractivity contribution in [3.63, 3.8) is 0 Å². The number of hydrogen-bond acceptors (Lipinski definition) is 7. The zero-order chi connectivity index (χ0) is 18.5. The van der Waals surface area contributed by atoms with E-state index >= 15 is 0 Å². The van der Waals surface area contributed by atoms with Gasteiger partial charge in [0.15, 0.2) is 0 Å². The smallest absolute Gasteiger partial charge is 0.237 e. The van der Waals surface area contributed by atoms with Crippen molar-refractivity contribution in [3.05, 3.63) is 18.2 Å². The van der Waals surface area contributed by atoms with E-state index in [0.29, 0.717) is 28.4 Å². The monoisotopic (exact) mass is 377 g/mol. The Labute approximate surface area is 156 Å². The summed E-state index contributed by atoms with van der Waals surface area (Å²) in [6.07, 6.45) is 4.57. The number of carbonyl (C=O) groups is 1. The molecule has 0 spiro atoms. The van der Waals surface area contributed by atoms with Gasteiger partial charge in [0.2, 0.25) is 11.1 Å². The fourth-order valence-electron chi connectivity index (χ4n) is 2.98. The number of amides is 1. The molecule has 140 valence electrons. The molecule has 8 nitrogen and oxygen atoms in total. The maximum Gasteiger partial charge on any atom is 0.237 e. The summed E-state index contributed by atoms with van der Waals surface area (Å²) in [6, 6.07) is 5.59. The molecule has 1 aliphatic rings. The summed E-state index contributed by atoms with van der Waals surface area (Å²) in [7, 11) is 3.14. The number of tetrazole rings is 1. The maximum absolute atomic E-state index is 12.6. The second-order valence-corrected chi connectivity index (χ2v) is 7.50. The van der Waals surface area contributed by atoms with E-state index in [1.165, 1.54) is 24.6 Å². The third-order valence-electron chi connectivity index (χ3n) is 4.40. The molecule has 0 aliphatic heterocycles. The fourth-order valence-corrected chi connectivity index (χ4v) is 3.84. The van der Waals surface area contributed by atoms with Crippen LogP contribution in [0.1, 0.15) is 38.6 Å². The highest BCUT2D eigenvalue weighted by Crippen LogP contribution is 2.33. The van der Waals surface area contributed by atoms with E-state index in [4.69, 9.17) is 9.47 Å². The van der Waals surface area contributed by atoms with Gasteiger partial charge in [-0.15, -0.1) is 5.10 Å². The van der Waals surface area contributed by atoms with E-state index in [1.807, 2.05) is 11.6 Å². The van der Waals surface area contributed by atoms with Crippen molar-refractivity contribution in [2.75, 3.05) is 19.5 Å². The Bertz CT molecular complexity index is 738. The summed E-state index contributed by atoms with van der Waals surface area (Å²) in [5.74, 6) is 1.10. The number of carbonyl (C=O) groups excluding carboxylic acids is 1. The van der Waals surface area contributed by atoms with Crippen LogP contribution in [0.15, 0.2) is 23.4 Å². The first kappa shape index (κ1) is 18.5. The van der Waals surface area contributed by atoms with Crippen molar-refractivity contribution < 1.29 is 14.3 Å². The molecule has 1 aromatic carbocycles. The molecule has 0 radical (unpaired) electrons. The highest BCUT2D eigenvalue weighted by molar-refractivity contribution is 8.00. The van der Waals surface area contributed by atoms with Gasteiger partial charge in [-0.25, -0.2) is 4.68 Å². The van der Waals surface area contributed by atoms with Gasteiger partial charge in [0.05, 0.1) is 25.5 Å². The van der Waals surface area contributed by atoms with Crippen LogP contribution in [0.3, 0.4) is 0 Å². The second kappa shape index (κ2) is 8.39. The SMILES string of the molecule is COc1cc(NC(=O)C(C)Sc2nnnn2C2CCCC2)cc(OC)c1. The Morgan fingerprint density at radius 3 is 2.50 bits per heavy atom. The minimum atomic E-state index is -0.349. The predicted molar refractivity (Wildman–Crippen MR) is 98.8 cm³/mol. The van der Waals surface area contributed by atoms with Crippen LogP contribution in [0.25, 0.3) is 0 Å². The first-order chi connectivity index (χ1) is 12.6. The molecule has 1 heterocycles. The first-order valence-electron chi connectivity index (χ1n) is 8.59. The van der Waals surface area contributed by atoms with Crippen LogP contribution >= 0.6 is 11.8 Å². The third-order valence-corrected chi connectivity index (χ3v) is 5.45. The van der Waals surface area contributed by atoms with Crippen LogP contribution in [-0.2, 0) is 4.79 Å². The van der Waals surface area contributed by atoms with Crippen molar-refractivity contribution in [1.82, 2.24) is 20.2 Å². The Hall–Kier alpha value is -2.29. The van der Waals surface area contributed by atoms with Crippen molar-refractivity contribution in [2.24, 2.45) is 0 Å². The van der Waals surface area contributed by atoms with Crippen molar-refractivity contribution >= 4 is 23.4 Å². The number of anilines is 1. The van der Waals surface area contributed by atoms with Gasteiger partial charge in [0.25, 0.3) is 0 Å². The summed E-state index contributed by atoms with van der Waals surface area (Å²) in [5.41, 5.74) is 0.619. The van der Waals surface area contributed by atoms with Crippen LogP contribution in [0.5, 0.6) is 11.5 Å². The van der Waals surface area contributed by atoms with Gasteiger partial charge in [-0.05, 0) is 30.2 Å². The molecule has 1 aromatic heterocycles. The van der Waals surface area contributed by atoms with E-state index in [9.17, 15) is 4.79 Å². The Balaban J connectivity index is 1.66. The highest BCUT2D eigenvalue weighted by atomic mass is 32.2. The Morgan fingerprint density at radius 1 is 1.23 bits per heavy atom. The summed E-state index contributed by atoms with van der Waals surface area (Å²) >= 11 is 1.36. The van der Waals surface area contributed by atoms with Gasteiger partial charge in [0.1, 0.15) is 11.5 Å². The molecule has 0 bridgehead atoms.